The number of methoxy groups -OCH3 is 1. The molecule has 0 aliphatic heterocycles. The van der Waals surface area contributed by atoms with Crippen molar-refractivity contribution in [1.29, 1.82) is 0 Å². The van der Waals surface area contributed by atoms with Gasteiger partial charge in [0, 0.05) is 11.3 Å². The lowest BCUT2D eigenvalue weighted by atomic mass is 10.1. The van der Waals surface area contributed by atoms with E-state index in [4.69, 9.17) is 4.74 Å². The lowest BCUT2D eigenvalue weighted by Crippen LogP contribution is -2.12. The predicted octanol–water partition coefficient (Wildman–Crippen LogP) is 2.82. The average molecular weight is 220 g/mol. The van der Waals surface area contributed by atoms with Crippen LogP contribution >= 0.6 is 0 Å². The summed E-state index contributed by atoms with van der Waals surface area (Å²) >= 11 is 0. The Labute approximate surface area is 97.5 Å². The Balaban J connectivity index is 2.58. The van der Waals surface area contributed by atoms with Crippen LogP contribution in [0.25, 0.3) is 0 Å². The van der Waals surface area contributed by atoms with Gasteiger partial charge in [0.1, 0.15) is 5.75 Å². The van der Waals surface area contributed by atoms with Crippen LogP contribution in [-0.2, 0) is 6.54 Å². The van der Waals surface area contributed by atoms with Gasteiger partial charge in [0.15, 0.2) is 0 Å². The quantitative estimate of drug-likeness (QED) is 0.611. The molecule has 3 heteroatoms. The van der Waals surface area contributed by atoms with Crippen LogP contribution < -0.4 is 10.2 Å². The molecule has 0 saturated carbocycles. The third kappa shape index (κ3) is 3.57. The lowest BCUT2D eigenvalue weighted by molar-refractivity contribution is 0.408. The summed E-state index contributed by atoms with van der Waals surface area (Å²) in [5, 5.41) is 4.31. The van der Waals surface area contributed by atoms with Crippen molar-refractivity contribution in [2.24, 2.45) is 11.0 Å². The molecule has 0 heterocycles. The van der Waals surface area contributed by atoms with Crippen molar-refractivity contribution in [2.75, 3.05) is 7.11 Å². The highest BCUT2D eigenvalue weighted by Crippen LogP contribution is 2.16. The Morgan fingerprint density at radius 1 is 1.38 bits per heavy atom. The van der Waals surface area contributed by atoms with Gasteiger partial charge in [-0.25, -0.2) is 0 Å². The smallest absolute Gasteiger partial charge is 0.123 e. The average Bonchev–Trinajstić information content (AvgIpc) is 2.29. The number of benzene rings is 1. The van der Waals surface area contributed by atoms with Gasteiger partial charge < -0.3 is 10.2 Å². The number of rotatable bonds is 5. The van der Waals surface area contributed by atoms with Gasteiger partial charge in [-0.05, 0) is 18.9 Å². The normalized spacial score (nSPS) is 11.7. The van der Waals surface area contributed by atoms with Crippen molar-refractivity contribution >= 4 is 5.71 Å². The molecule has 0 saturated heterocycles. The zero-order valence-corrected chi connectivity index (χ0v) is 10.4. The van der Waals surface area contributed by atoms with E-state index in [1.807, 2.05) is 31.2 Å². The summed E-state index contributed by atoms with van der Waals surface area (Å²) in [7, 11) is 1.68. The van der Waals surface area contributed by atoms with E-state index >= 15 is 0 Å². The number of para-hydroxylation sites is 1. The number of hydrogen-bond acceptors (Lipinski definition) is 3. The number of nitrogens with zero attached hydrogens (tertiary/aromatic N) is 1. The molecule has 0 aliphatic carbocycles. The van der Waals surface area contributed by atoms with Crippen molar-refractivity contribution in [3.05, 3.63) is 29.8 Å². The molecule has 88 valence electrons. The fourth-order valence-electron chi connectivity index (χ4n) is 1.23. The Hall–Kier alpha value is -1.51. The van der Waals surface area contributed by atoms with Crippen LogP contribution in [0.3, 0.4) is 0 Å². The molecule has 0 amide bonds. The summed E-state index contributed by atoms with van der Waals surface area (Å²) < 4.78 is 5.26. The fraction of sp³-hybridized carbons (Fsp3) is 0.462. The van der Waals surface area contributed by atoms with Gasteiger partial charge in [0.25, 0.3) is 0 Å². The van der Waals surface area contributed by atoms with Gasteiger partial charge in [-0.3, -0.25) is 0 Å². The highest BCUT2D eigenvalue weighted by atomic mass is 16.5. The summed E-state index contributed by atoms with van der Waals surface area (Å²) in [6.45, 7) is 6.97. The van der Waals surface area contributed by atoms with Crippen LogP contribution in [0, 0.1) is 5.92 Å². The molecule has 0 fully saturated rings. The molecule has 0 unspecified atom stereocenters. The fourth-order valence-corrected chi connectivity index (χ4v) is 1.23. The van der Waals surface area contributed by atoms with Gasteiger partial charge in [-0.2, -0.15) is 5.10 Å². The van der Waals surface area contributed by atoms with E-state index in [1.54, 1.807) is 7.11 Å². The Kier molecular flexibility index (Phi) is 4.83. The second-order valence-corrected chi connectivity index (χ2v) is 4.05. The minimum Gasteiger partial charge on any atom is -0.496 e. The molecule has 1 aromatic rings. The van der Waals surface area contributed by atoms with Crippen LogP contribution in [-0.4, -0.2) is 12.8 Å². The van der Waals surface area contributed by atoms with Crippen LogP contribution in [0.2, 0.25) is 0 Å². The van der Waals surface area contributed by atoms with Gasteiger partial charge >= 0.3 is 0 Å². The Morgan fingerprint density at radius 3 is 2.69 bits per heavy atom. The molecule has 0 bridgehead atoms. The van der Waals surface area contributed by atoms with Gasteiger partial charge in [0.05, 0.1) is 13.7 Å². The number of hydrogen-bond donors (Lipinski definition) is 1. The maximum absolute atomic E-state index is 5.26. The summed E-state index contributed by atoms with van der Waals surface area (Å²) in [6, 6.07) is 7.95. The van der Waals surface area contributed by atoms with Crippen LogP contribution in [0.1, 0.15) is 26.3 Å². The minimum absolute atomic E-state index is 0.477. The van der Waals surface area contributed by atoms with E-state index in [2.05, 4.69) is 24.4 Å². The largest absolute Gasteiger partial charge is 0.496 e. The SMILES string of the molecule is COc1ccccc1CNN=C(C)C(C)C. The summed E-state index contributed by atoms with van der Waals surface area (Å²) in [4.78, 5) is 0. The molecule has 0 atom stereocenters. The van der Waals surface area contributed by atoms with E-state index in [0.717, 1.165) is 17.0 Å². The van der Waals surface area contributed by atoms with E-state index < -0.39 is 0 Å². The van der Waals surface area contributed by atoms with Crippen molar-refractivity contribution < 1.29 is 4.74 Å². The zero-order chi connectivity index (χ0) is 12.0. The number of ether oxygens (including phenoxy) is 1. The molecule has 16 heavy (non-hydrogen) atoms. The maximum atomic E-state index is 5.26. The first-order valence-corrected chi connectivity index (χ1v) is 5.54. The van der Waals surface area contributed by atoms with Crippen molar-refractivity contribution in [3.63, 3.8) is 0 Å². The Bertz CT molecular complexity index is 359. The molecule has 3 nitrogen and oxygen atoms in total. The molecule has 1 rings (SSSR count). The summed E-state index contributed by atoms with van der Waals surface area (Å²) in [5.74, 6) is 1.37. The van der Waals surface area contributed by atoms with Crippen LogP contribution in [0.15, 0.2) is 29.4 Å². The summed E-state index contributed by atoms with van der Waals surface area (Å²) in [6.07, 6.45) is 0. The van der Waals surface area contributed by atoms with Crippen molar-refractivity contribution in [2.45, 2.75) is 27.3 Å². The third-order valence-corrected chi connectivity index (χ3v) is 2.55. The minimum atomic E-state index is 0.477. The maximum Gasteiger partial charge on any atom is 0.123 e. The van der Waals surface area contributed by atoms with E-state index in [9.17, 15) is 0 Å². The van der Waals surface area contributed by atoms with E-state index in [-0.39, 0.29) is 0 Å². The molecule has 0 aliphatic rings. The first-order valence-electron chi connectivity index (χ1n) is 5.54. The monoisotopic (exact) mass is 220 g/mol. The van der Waals surface area contributed by atoms with Gasteiger partial charge in [0.2, 0.25) is 0 Å². The predicted molar refractivity (Wildman–Crippen MR) is 67.8 cm³/mol. The first kappa shape index (κ1) is 12.6. The standard InChI is InChI=1S/C13H20N2O/c1-10(2)11(3)15-14-9-12-7-5-6-8-13(12)16-4/h5-8,10,14H,9H2,1-4H3. The molecule has 0 aromatic heterocycles. The van der Waals surface area contributed by atoms with E-state index in [0.29, 0.717) is 12.5 Å². The van der Waals surface area contributed by atoms with Gasteiger partial charge in [-0.1, -0.05) is 32.0 Å². The highest BCUT2D eigenvalue weighted by molar-refractivity contribution is 5.83. The first-order chi connectivity index (χ1) is 7.65. The van der Waals surface area contributed by atoms with E-state index in [1.165, 1.54) is 0 Å². The van der Waals surface area contributed by atoms with Crippen molar-refractivity contribution in [3.8, 4) is 5.75 Å². The van der Waals surface area contributed by atoms with Crippen LogP contribution in [0.4, 0.5) is 0 Å². The second kappa shape index (κ2) is 6.16. The topological polar surface area (TPSA) is 33.6 Å². The molecule has 0 radical (unpaired) electrons. The van der Waals surface area contributed by atoms with Crippen LogP contribution in [0.5, 0.6) is 5.75 Å². The van der Waals surface area contributed by atoms with Gasteiger partial charge in [-0.15, -0.1) is 0 Å². The molecule has 1 aromatic carbocycles. The lowest BCUT2D eigenvalue weighted by Gasteiger charge is -2.09. The number of hydrazone groups is 1. The molecule has 1 N–H and O–H groups in total. The highest BCUT2D eigenvalue weighted by Gasteiger charge is 2.01. The summed E-state index contributed by atoms with van der Waals surface area (Å²) in [5.41, 5.74) is 5.29. The number of nitrogens with one attached hydrogen (secondary N) is 1. The molecular formula is C13H20N2O. The zero-order valence-electron chi connectivity index (χ0n) is 10.4. The third-order valence-electron chi connectivity index (χ3n) is 2.55. The van der Waals surface area contributed by atoms with Crippen molar-refractivity contribution in [1.82, 2.24) is 5.43 Å². The molecular weight excluding hydrogens is 200 g/mol. The Morgan fingerprint density at radius 2 is 2.06 bits per heavy atom. The molecule has 0 spiro atoms. The second-order valence-electron chi connectivity index (χ2n) is 4.05.